The Bertz CT molecular complexity index is 4.85. The Labute approximate surface area is 57.4 Å². The van der Waals surface area contributed by atoms with Gasteiger partial charge < -0.3 is 16.4 Å². The van der Waals surface area contributed by atoms with Gasteiger partial charge in [-0.05, 0) is 0 Å². The minimum absolute atomic E-state index is 0. The van der Waals surface area contributed by atoms with Gasteiger partial charge in [0.15, 0.2) is 0 Å². The van der Waals surface area contributed by atoms with Crippen molar-refractivity contribution in [2.75, 3.05) is 0 Å². The summed E-state index contributed by atoms with van der Waals surface area (Å²) in [7, 11) is 0. The van der Waals surface area contributed by atoms with Gasteiger partial charge in [0, 0.05) is 40.8 Å². The minimum Gasteiger partial charge on any atom is -2.00 e. The van der Waals surface area contributed by atoms with Crippen LogP contribution in [0.15, 0.2) is 0 Å². The molecule has 0 radical (unpaired) electrons. The summed E-state index contributed by atoms with van der Waals surface area (Å²) in [4.78, 5) is 0. The average Bonchev–Trinajstić information content (AvgIpc) is 0. The molecular weight excluding hydrogens is 261 g/mol. The van der Waals surface area contributed by atoms with Crippen molar-refractivity contribution >= 4 is 0 Å². The molecule has 0 bridgehead atoms. The summed E-state index contributed by atoms with van der Waals surface area (Å²) < 4.78 is 0. The molecule has 0 rings (SSSR count). The van der Waals surface area contributed by atoms with E-state index in [1.165, 1.54) is 0 Å². The van der Waals surface area contributed by atoms with E-state index in [9.17, 15) is 0 Å². The molecule has 0 N–H and O–H groups in total. The predicted octanol–water partition coefficient (Wildman–Crippen LogP) is -0.361. The maximum Gasteiger partial charge on any atom is 0 e. The molecule has 5 heavy (non-hydrogen) atoms. The summed E-state index contributed by atoms with van der Waals surface area (Å²) >= 11 is 0. The summed E-state index contributed by atoms with van der Waals surface area (Å²) in [6.07, 6.45) is 0. The van der Waals surface area contributed by atoms with Gasteiger partial charge in [-0.2, -0.15) is 0 Å². The zero-order valence-corrected chi connectivity index (χ0v) is 4.97. The molecule has 0 heterocycles. The number of hydrogen-bond donors (Lipinski definition) is 0. The fourth-order valence-corrected chi connectivity index (χ4v) is 0. The third-order valence-corrected chi connectivity index (χ3v) is 0. The molecule has 0 aromatic heterocycles. The van der Waals surface area contributed by atoms with Gasteiger partial charge in [-0.25, -0.2) is 0 Å². The molecule has 0 saturated carbocycles. The Balaban J connectivity index is 0. The van der Waals surface area contributed by atoms with Crippen LogP contribution in [0, 0.1) is 0 Å². The second-order valence-corrected chi connectivity index (χ2v) is 0. The molecule has 0 unspecified atom stereocenters. The van der Waals surface area contributed by atoms with Gasteiger partial charge >= 0.3 is 0 Å². The van der Waals surface area contributed by atoms with Gasteiger partial charge in [-0.15, -0.1) is 0 Å². The van der Waals surface area contributed by atoms with E-state index in [2.05, 4.69) is 0 Å². The Morgan fingerprint density at radius 3 is 0.400 bits per heavy atom. The summed E-state index contributed by atoms with van der Waals surface area (Å²) in [5.74, 6) is 0. The summed E-state index contributed by atoms with van der Waals surface area (Å²) in [6.45, 7) is 0. The monoisotopic (exact) mass is 260 g/mol. The van der Waals surface area contributed by atoms with Crippen LogP contribution in [0.25, 0.3) is 0 Å². The Morgan fingerprint density at radius 1 is 0.400 bits per heavy atom. The first kappa shape index (κ1) is 116. The van der Waals surface area contributed by atoms with E-state index in [1.807, 2.05) is 0 Å². The molecule has 0 aromatic carbocycles. The summed E-state index contributed by atoms with van der Waals surface area (Å²) in [6, 6.07) is 0. The zero-order chi connectivity index (χ0) is 0. The van der Waals surface area contributed by atoms with Crippen molar-refractivity contribution in [3.8, 4) is 0 Å². The van der Waals surface area contributed by atoms with Gasteiger partial charge in [0.2, 0.25) is 0 Å². The third kappa shape index (κ3) is 36.8. The standard InChI is InChI=1S/3O.2Pd/q3*-2;;. The number of hydrogen-bond acceptors (Lipinski definition) is 0. The normalized spacial score (nSPS) is 0. The first-order valence-electron chi connectivity index (χ1n) is 0. The fraction of sp³-hybridized carbons (Fsp3) is 0. The predicted molar refractivity (Wildman–Crippen MR) is 2.06 cm³/mol. The topological polar surface area (TPSA) is 85.5 Å². The molecule has 0 saturated heterocycles. The van der Waals surface area contributed by atoms with Crippen LogP contribution in [-0.4, -0.2) is 0 Å². The summed E-state index contributed by atoms with van der Waals surface area (Å²) in [5.41, 5.74) is 0. The van der Waals surface area contributed by atoms with Crippen LogP contribution in [0.4, 0.5) is 0 Å². The molecule has 44 valence electrons. The smallest absolute Gasteiger partial charge is 0 e. The molecule has 0 aromatic rings. The van der Waals surface area contributed by atoms with E-state index in [0.29, 0.717) is 0 Å². The van der Waals surface area contributed by atoms with Crippen LogP contribution in [0.5, 0.6) is 0 Å². The van der Waals surface area contributed by atoms with Crippen LogP contribution in [-0.2, 0) is 57.3 Å². The van der Waals surface area contributed by atoms with Crippen LogP contribution >= 0.6 is 0 Å². The van der Waals surface area contributed by atoms with Gasteiger partial charge in [0.05, 0.1) is 0 Å². The van der Waals surface area contributed by atoms with E-state index in [4.69, 9.17) is 0 Å². The number of rotatable bonds is 0. The van der Waals surface area contributed by atoms with Crippen LogP contribution in [0.2, 0.25) is 0 Å². The van der Waals surface area contributed by atoms with Gasteiger partial charge in [-0.3, -0.25) is 0 Å². The SMILES string of the molecule is [O-2].[O-2].[O-2].[Pd].[Pd]. The zero-order valence-electron chi connectivity index (χ0n) is 1.86. The van der Waals surface area contributed by atoms with E-state index in [1.54, 1.807) is 0 Å². The molecule has 5 heteroatoms. The van der Waals surface area contributed by atoms with Gasteiger partial charge in [0.1, 0.15) is 0 Å². The van der Waals surface area contributed by atoms with E-state index >= 15 is 0 Å². The molecule has 0 spiro atoms. The van der Waals surface area contributed by atoms with Crippen LogP contribution in [0.3, 0.4) is 0 Å². The Morgan fingerprint density at radius 2 is 0.400 bits per heavy atom. The first-order chi connectivity index (χ1) is 0. The van der Waals surface area contributed by atoms with Crippen molar-refractivity contribution in [1.82, 2.24) is 0 Å². The Hall–Kier alpha value is 1.20. The van der Waals surface area contributed by atoms with Crippen molar-refractivity contribution in [2.45, 2.75) is 0 Å². The Kier molecular flexibility index (Phi) is 1470. The van der Waals surface area contributed by atoms with Crippen molar-refractivity contribution in [3.63, 3.8) is 0 Å². The molecule has 0 aliphatic heterocycles. The molecular formula is O3Pd2-6. The summed E-state index contributed by atoms with van der Waals surface area (Å²) in [5, 5.41) is 0. The third-order valence-electron chi connectivity index (χ3n) is 0. The minimum atomic E-state index is 0. The molecule has 3 nitrogen and oxygen atoms in total. The van der Waals surface area contributed by atoms with Gasteiger partial charge in [-0.1, -0.05) is 0 Å². The molecule has 0 aliphatic rings. The fourth-order valence-electron chi connectivity index (χ4n) is 0. The van der Waals surface area contributed by atoms with Gasteiger partial charge in [0.25, 0.3) is 0 Å². The largest absolute Gasteiger partial charge is 2.00 e. The van der Waals surface area contributed by atoms with E-state index in [-0.39, 0.29) is 57.3 Å². The van der Waals surface area contributed by atoms with Crippen LogP contribution in [0.1, 0.15) is 0 Å². The van der Waals surface area contributed by atoms with Crippen molar-refractivity contribution < 1.29 is 57.3 Å². The van der Waals surface area contributed by atoms with Crippen molar-refractivity contribution in [2.24, 2.45) is 0 Å². The first-order valence-corrected chi connectivity index (χ1v) is 0. The molecule has 0 amide bonds. The second kappa shape index (κ2) is 63.4. The van der Waals surface area contributed by atoms with Crippen molar-refractivity contribution in [3.05, 3.63) is 0 Å². The van der Waals surface area contributed by atoms with E-state index in [0.717, 1.165) is 0 Å². The maximum atomic E-state index is 0. The second-order valence-electron chi connectivity index (χ2n) is 0. The molecule has 0 atom stereocenters. The van der Waals surface area contributed by atoms with E-state index < -0.39 is 0 Å². The quantitative estimate of drug-likeness (QED) is 0.533. The molecule has 0 fully saturated rings. The average molecular weight is 261 g/mol. The van der Waals surface area contributed by atoms with Crippen molar-refractivity contribution in [1.29, 1.82) is 0 Å². The maximum absolute atomic E-state index is 0. The van der Waals surface area contributed by atoms with Crippen LogP contribution < -0.4 is 0 Å². The molecule has 0 aliphatic carbocycles.